The van der Waals surface area contributed by atoms with Crippen LogP contribution in [0.3, 0.4) is 0 Å². The third-order valence-electron chi connectivity index (χ3n) is 4.87. The van der Waals surface area contributed by atoms with Gasteiger partial charge in [-0.05, 0) is 44.4 Å². The Kier molecular flexibility index (Phi) is 5.61. The van der Waals surface area contributed by atoms with Crippen molar-refractivity contribution in [3.05, 3.63) is 29.8 Å². The van der Waals surface area contributed by atoms with E-state index in [1.165, 1.54) is 18.4 Å². The molecule has 0 aliphatic carbocycles. The Labute approximate surface area is 145 Å². The molecule has 0 aromatic heterocycles. The van der Waals surface area contributed by atoms with Crippen LogP contribution in [0.25, 0.3) is 0 Å². The van der Waals surface area contributed by atoms with Crippen LogP contribution in [0.2, 0.25) is 0 Å². The predicted octanol–water partition coefficient (Wildman–Crippen LogP) is 2.45. The first-order valence-corrected chi connectivity index (χ1v) is 9.01. The smallest absolute Gasteiger partial charge is 0.194 e. The highest BCUT2D eigenvalue weighted by Crippen LogP contribution is 2.38. The average Bonchev–Trinajstić information content (AvgIpc) is 3.21. The number of likely N-dealkylation sites (tertiary alicyclic amines) is 1. The molecule has 24 heavy (non-hydrogen) atoms. The minimum Gasteiger partial charge on any atom is -0.492 e. The zero-order chi connectivity index (χ0) is 16.8. The van der Waals surface area contributed by atoms with Crippen molar-refractivity contribution in [1.82, 2.24) is 10.2 Å². The SMILES string of the molecule is CCNC(=NCCOc1cccc(C)c1)N1CCC2(CCOC2)C1. The highest BCUT2D eigenvalue weighted by atomic mass is 16.5. The Morgan fingerprint density at radius 2 is 2.33 bits per heavy atom. The first-order valence-electron chi connectivity index (χ1n) is 9.01. The van der Waals surface area contributed by atoms with Gasteiger partial charge >= 0.3 is 0 Å². The molecule has 0 amide bonds. The van der Waals surface area contributed by atoms with Crippen LogP contribution < -0.4 is 10.1 Å². The Hall–Kier alpha value is -1.75. The molecular weight excluding hydrogens is 302 g/mol. The van der Waals surface area contributed by atoms with E-state index in [4.69, 9.17) is 14.5 Å². The van der Waals surface area contributed by atoms with E-state index in [9.17, 15) is 0 Å². The van der Waals surface area contributed by atoms with Crippen molar-refractivity contribution in [3.63, 3.8) is 0 Å². The molecule has 2 aliphatic rings. The van der Waals surface area contributed by atoms with Crippen LogP contribution in [-0.2, 0) is 4.74 Å². The molecule has 0 radical (unpaired) electrons. The van der Waals surface area contributed by atoms with Gasteiger partial charge in [-0.25, -0.2) is 4.99 Å². The first kappa shape index (κ1) is 17.1. The van der Waals surface area contributed by atoms with Gasteiger partial charge < -0.3 is 19.7 Å². The number of rotatable bonds is 5. The van der Waals surface area contributed by atoms with E-state index in [0.29, 0.717) is 18.6 Å². The summed E-state index contributed by atoms with van der Waals surface area (Å²) in [5.41, 5.74) is 1.57. The second-order valence-corrected chi connectivity index (χ2v) is 6.87. The number of aliphatic imine (C=N–C) groups is 1. The third-order valence-corrected chi connectivity index (χ3v) is 4.87. The van der Waals surface area contributed by atoms with Crippen molar-refractivity contribution in [2.24, 2.45) is 10.4 Å². The van der Waals surface area contributed by atoms with Gasteiger partial charge in [0, 0.05) is 31.7 Å². The number of ether oxygens (including phenoxy) is 2. The normalized spacial score (nSPS) is 23.9. The van der Waals surface area contributed by atoms with E-state index in [0.717, 1.165) is 44.6 Å². The van der Waals surface area contributed by atoms with Gasteiger partial charge in [-0.2, -0.15) is 0 Å². The van der Waals surface area contributed by atoms with Crippen LogP contribution >= 0.6 is 0 Å². The van der Waals surface area contributed by atoms with Gasteiger partial charge in [-0.15, -0.1) is 0 Å². The lowest BCUT2D eigenvalue weighted by Crippen LogP contribution is -2.41. The molecule has 1 aromatic carbocycles. The topological polar surface area (TPSA) is 46.1 Å². The third kappa shape index (κ3) is 4.20. The molecular formula is C19H29N3O2. The second kappa shape index (κ2) is 7.88. The number of nitrogens with one attached hydrogen (secondary N) is 1. The van der Waals surface area contributed by atoms with E-state index >= 15 is 0 Å². The Morgan fingerprint density at radius 1 is 1.42 bits per heavy atom. The van der Waals surface area contributed by atoms with Crippen LogP contribution in [0.1, 0.15) is 25.3 Å². The molecule has 1 aromatic rings. The fourth-order valence-corrected chi connectivity index (χ4v) is 3.53. The maximum absolute atomic E-state index is 5.80. The van der Waals surface area contributed by atoms with Gasteiger partial charge in [0.2, 0.25) is 0 Å². The van der Waals surface area contributed by atoms with Gasteiger partial charge in [-0.1, -0.05) is 12.1 Å². The maximum atomic E-state index is 5.80. The number of hydrogen-bond acceptors (Lipinski definition) is 3. The van der Waals surface area contributed by atoms with E-state index in [-0.39, 0.29) is 0 Å². The number of nitrogens with zero attached hydrogens (tertiary/aromatic N) is 2. The number of guanidine groups is 1. The molecule has 2 fully saturated rings. The molecule has 5 nitrogen and oxygen atoms in total. The molecule has 132 valence electrons. The number of aryl methyl sites for hydroxylation is 1. The van der Waals surface area contributed by atoms with Crippen LogP contribution in [0.4, 0.5) is 0 Å². The molecule has 1 unspecified atom stereocenters. The molecule has 1 spiro atoms. The first-order chi connectivity index (χ1) is 11.7. The summed E-state index contributed by atoms with van der Waals surface area (Å²) in [4.78, 5) is 7.13. The summed E-state index contributed by atoms with van der Waals surface area (Å²) >= 11 is 0. The monoisotopic (exact) mass is 331 g/mol. The zero-order valence-corrected chi connectivity index (χ0v) is 14.9. The Bertz CT molecular complexity index is 567. The van der Waals surface area contributed by atoms with Gasteiger partial charge in [-0.3, -0.25) is 0 Å². The molecule has 1 N–H and O–H groups in total. The van der Waals surface area contributed by atoms with Crippen molar-refractivity contribution in [3.8, 4) is 5.75 Å². The molecule has 2 heterocycles. The van der Waals surface area contributed by atoms with Crippen molar-refractivity contribution in [1.29, 1.82) is 0 Å². The lowest BCUT2D eigenvalue weighted by atomic mass is 9.87. The van der Waals surface area contributed by atoms with Gasteiger partial charge in [0.1, 0.15) is 12.4 Å². The lowest BCUT2D eigenvalue weighted by Gasteiger charge is -2.25. The second-order valence-electron chi connectivity index (χ2n) is 6.87. The van der Waals surface area contributed by atoms with Crippen LogP contribution in [0.5, 0.6) is 5.75 Å². The summed E-state index contributed by atoms with van der Waals surface area (Å²) in [7, 11) is 0. The standard InChI is InChI=1S/C19H29N3O2/c1-3-20-18(22-10-7-19(14-22)8-11-23-15-19)21-9-12-24-17-6-4-5-16(2)13-17/h4-6,13H,3,7-12,14-15H2,1-2H3,(H,20,21). The predicted molar refractivity (Wildman–Crippen MR) is 96.7 cm³/mol. The molecule has 0 saturated carbocycles. The van der Waals surface area contributed by atoms with E-state index in [2.05, 4.69) is 36.2 Å². The fraction of sp³-hybridized carbons (Fsp3) is 0.632. The highest BCUT2D eigenvalue weighted by molar-refractivity contribution is 5.80. The van der Waals surface area contributed by atoms with Crippen LogP contribution in [0, 0.1) is 12.3 Å². The quantitative estimate of drug-likeness (QED) is 0.511. The lowest BCUT2D eigenvalue weighted by molar-refractivity contribution is 0.156. The fourth-order valence-electron chi connectivity index (χ4n) is 3.53. The van der Waals surface area contributed by atoms with Crippen LogP contribution in [0.15, 0.2) is 29.3 Å². The summed E-state index contributed by atoms with van der Waals surface area (Å²) in [6, 6.07) is 8.14. The minimum absolute atomic E-state index is 0.355. The maximum Gasteiger partial charge on any atom is 0.194 e. The van der Waals surface area contributed by atoms with Gasteiger partial charge in [0.15, 0.2) is 5.96 Å². The van der Waals surface area contributed by atoms with Crippen molar-refractivity contribution < 1.29 is 9.47 Å². The van der Waals surface area contributed by atoms with Crippen molar-refractivity contribution in [2.75, 3.05) is 46.0 Å². The van der Waals surface area contributed by atoms with Crippen molar-refractivity contribution >= 4 is 5.96 Å². The Morgan fingerprint density at radius 3 is 3.08 bits per heavy atom. The molecule has 5 heteroatoms. The van der Waals surface area contributed by atoms with Crippen LogP contribution in [-0.4, -0.2) is 56.9 Å². The summed E-state index contributed by atoms with van der Waals surface area (Å²) in [5.74, 6) is 1.92. The summed E-state index contributed by atoms with van der Waals surface area (Å²) in [6.45, 7) is 10.3. The Balaban J connectivity index is 1.52. The zero-order valence-electron chi connectivity index (χ0n) is 14.9. The van der Waals surface area contributed by atoms with E-state index < -0.39 is 0 Å². The minimum atomic E-state index is 0.355. The molecule has 0 bridgehead atoms. The van der Waals surface area contributed by atoms with E-state index in [1.807, 2.05) is 12.1 Å². The summed E-state index contributed by atoms with van der Waals surface area (Å²) in [6.07, 6.45) is 2.39. The largest absolute Gasteiger partial charge is 0.492 e. The van der Waals surface area contributed by atoms with Gasteiger partial charge in [0.25, 0.3) is 0 Å². The molecule has 2 saturated heterocycles. The molecule has 1 atom stereocenters. The number of benzene rings is 1. The summed E-state index contributed by atoms with van der Waals surface area (Å²) in [5, 5.41) is 3.42. The molecule has 2 aliphatic heterocycles. The van der Waals surface area contributed by atoms with E-state index in [1.54, 1.807) is 0 Å². The van der Waals surface area contributed by atoms with Gasteiger partial charge in [0.05, 0.1) is 13.2 Å². The highest BCUT2D eigenvalue weighted by Gasteiger charge is 2.42. The number of hydrogen-bond donors (Lipinski definition) is 1. The molecule has 3 rings (SSSR count). The average molecular weight is 331 g/mol. The summed E-state index contributed by atoms with van der Waals surface area (Å²) < 4.78 is 11.4. The van der Waals surface area contributed by atoms with Crippen molar-refractivity contribution in [2.45, 2.75) is 26.7 Å².